The fourth-order valence-corrected chi connectivity index (χ4v) is 2.74. The lowest BCUT2D eigenvalue weighted by Gasteiger charge is -2.40. The Morgan fingerprint density at radius 2 is 2.20 bits per heavy atom. The minimum absolute atomic E-state index is 0.189. The molecule has 1 nitrogen and oxygen atoms in total. The first-order valence-electron chi connectivity index (χ1n) is 6.43. The summed E-state index contributed by atoms with van der Waals surface area (Å²) >= 11 is 0. The number of rotatable bonds is 5. The van der Waals surface area contributed by atoms with Crippen molar-refractivity contribution in [3.8, 4) is 0 Å². The molecule has 0 aromatic rings. The highest BCUT2D eigenvalue weighted by molar-refractivity contribution is 5.10. The van der Waals surface area contributed by atoms with Gasteiger partial charge in [0.25, 0.3) is 0 Å². The zero-order chi connectivity index (χ0) is 11.3. The van der Waals surface area contributed by atoms with Gasteiger partial charge in [-0.1, -0.05) is 44.8 Å². The summed E-state index contributed by atoms with van der Waals surface area (Å²) in [4.78, 5) is 0. The van der Waals surface area contributed by atoms with Crippen LogP contribution in [0, 0.1) is 11.3 Å². The van der Waals surface area contributed by atoms with Gasteiger partial charge in [0.1, 0.15) is 0 Å². The lowest BCUT2D eigenvalue weighted by atomic mass is 9.66. The van der Waals surface area contributed by atoms with E-state index in [1.54, 1.807) is 0 Å². The van der Waals surface area contributed by atoms with E-state index in [-0.39, 0.29) is 5.41 Å². The van der Waals surface area contributed by atoms with Crippen molar-refractivity contribution in [3.63, 3.8) is 0 Å². The molecule has 0 amide bonds. The highest BCUT2D eigenvalue weighted by Gasteiger charge is 2.35. The summed E-state index contributed by atoms with van der Waals surface area (Å²) in [5.41, 5.74) is 1.69. The number of hydrogen-bond donors (Lipinski definition) is 1. The molecule has 1 aliphatic carbocycles. The van der Waals surface area contributed by atoms with Gasteiger partial charge in [0.2, 0.25) is 0 Å². The van der Waals surface area contributed by atoms with Crippen LogP contribution in [0.2, 0.25) is 0 Å². The standard InChI is InChI=1S/C14H26O/c1-4-5-6-8-14(11-15)9-7-12(2)10-13(14)3/h10,13,15H,4-9,11H2,1-3H3. The molecule has 2 atom stereocenters. The van der Waals surface area contributed by atoms with Crippen LogP contribution in [0.3, 0.4) is 0 Å². The number of aliphatic hydroxyl groups is 1. The maximum atomic E-state index is 9.67. The van der Waals surface area contributed by atoms with Crippen LogP contribution < -0.4 is 0 Å². The molecule has 0 fully saturated rings. The molecular weight excluding hydrogens is 184 g/mol. The zero-order valence-electron chi connectivity index (χ0n) is 10.6. The van der Waals surface area contributed by atoms with E-state index in [9.17, 15) is 5.11 Å². The van der Waals surface area contributed by atoms with Gasteiger partial charge < -0.3 is 5.11 Å². The zero-order valence-corrected chi connectivity index (χ0v) is 10.6. The Morgan fingerprint density at radius 1 is 1.47 bits per heavy atom. The van der Waals surface area contributed by atoms with Gasteiger partial charge in [0, 0.05) is 6.61 Å². The minimum atomic E-state index is 0.189. The van der Waals surface area contributed by atoms with Crippen molar-refractivity contribution in [1.29, 1.82) is 0 Å². The van der Waals surface area contributed by atoms with Crippen LogP contribution in [0.5, 0.6) is 0 Å². The molecule has 0 saturated carbocycles. The number of unbranched alkanes of at least 4 members (excludes halogenated alkanes) is 2. The van der Waals surface area contributed by atoms with Gasteiger partial charge in [-0.15, -0.1) is 0 Å². The SMILES string of the molecule is CCCCCC1(CO)CCC(C)=CC1C. The molecule has 1 rings (SSSR count). The molecule has 0 aromatic heterocycles. The molecule has 1 heteroatoms. The van der Waals surface area contributed by atoms with Gasteiger partial charge in [0.05, 0.1) is 0 Å². The quantitative estimate of drug-likeness (QED) is 0.538. The van der Waals surface area contributed by atoms with Crippen LogP contribution in [0.25, 0.3) is 0 Å². The summed E-state index contributed by atoms with van der Waals surface area (Å²) in [5.74, 6) is 0.549. The molecule has 0 saturated heterocycles. The van der Waals surface area contributed by atoms with E-state index in [1.807, 2.05) is 0 Å². The number of hydrogen-bond acceptors (Lipinski definition) is 1. The molecule has 0 aliphatic heterocycles. The van der Waals surface area contributed by atoms with Gasteiger partial charge in [-0.3, -0.25) is 0 Å². The third kappa shape index (κ3) is 3.07. The number of allylic oxidation sites excluding steroid dienone is 2. The van der Waals surface area contributed by atoms with Crippen LogP contribution in [0.4, 0.5) is 0 Å². The third-order valence-electron chi connectivity index (χ3n) is 4.11. The first-order chi connectivity index (χ1) is 7.14. The second kappa shape index (κ2) is 5.69. The Kier molecular flexibility index (Phi) is 4.85. The second-order valence-electron chi connectivity index (χ2n) is 5.28. The van der Waals surface area contributed by atoms with Crippen LogP contribution in [-0.4, -0.2) is 11.7 Å². The predicted octanol–water partition coefficient (Wildman–Crippen LogP) is 3.92. The van der Waals surface area contributed by atoms with E-state index in [2.05, 4.69) is 26.8 Å². The molecule has 1 aliphatic rings. The average molecular weight is 210 g/mol. The van der Waals surface area contributed by atoms with Gasteiger partial charge >= 0.3 is 0 Å². The lowest BCUT2D eigenvalue weighted by molar-refractivity contribution is 0.0605. The highest BCUT2D eigenvalue weighted by atomic mass is 16.3. The van der Waals surface area contributed by atoms with Crippen molar-refractivity contribution < 1.29 is 5.11 Å². The van der Waals surface area contributed by atoms with Crippen molar-refractivity contribution in [2.24, 2.45) is 11.3 Å². The Balaban J connectivity index is 2.60. The number of aliphatic hydroxyl groups excluding tert-OH is 1. The van der Waals surface area contributed by atoms with Gasteiger partial charge in [-0.2, -0.15) is 0 Å². The van der Waals surface area contributed by atoms with Gasteiger partial charge in [-0.05, 0) is 37.5 Å². The molecule has 15 heavy (non-hydrogen) atoms. The summed E-state index contributed by atoms with van der Waals surface area (Å²) in [6.45, 7) is 7.08. The summed E-state index contributed by atoms with van der Waals surface area (Å²) in [5, 5.41) is 9.67. The average Bonchev–Trinajstić information content (AvgIpc) is 2.22. The maximum Gasteiger partial charge on any atom is 0.0493 e. The van der Waals surface area contributed by atoms with E-state index in [1.165, 1.54) is 44.1 Å². The monoisotopic (exact) mass is 210 g/mol. The predicted molar refractivity (Wildman–Crippen MR) is 65.8 cm³/mol. The Hall–Kier alpha value is -0.300. The van der Waals surface area contributed by atoms with E-state index >= 15 is 0 Å². The molecule has 2 unspecified atom stereocenters. The molecule has 88 valence electrons. The Bertz CT molecular complexity index is 219. The first-order valence-corrected chi connectivity index (χ1v) is 6.43. The fourth-order valence-electron chi connectivity index (χ4n) is 2.74. The largest absolute Gasteiger partial charge is 0.396 e. The molecule has 0 bridgehead atoms. The Morgan fingerprint density at radius 3 is 2.73 bits per heavy atom. The third-order valence-corrected chi connectivity index (χ3v) is 4.11. The van der Waals surface area contributed by atoms with E-state index in [4.69, 9.17) is 0 Å². The van der Waals surface area contributed by atoms with E-state index in [0.717, 1.165) is 0 Å². The summed E-state index contributed by atoms with van der Waals surface area (Å²) < 4.78 is 0. The first kappa shape index (κ1) is 12.8. The molecule has 0 radical (unpaired) electrons. The summed E-state index contributed by atoms with van der Waals surface area (Å²) in [7, 11) is 0. The topological polar surface area (TPSA) is 20.2 Å². The van der Waals surface area contributed by atoms with Crippen molar-refractivity contribution in [2.75, 3.05) is 6.61 Å². The molecule has 0 aromatic carbocycles. The molecular formula is C14H26O. The lowest BCUT2D eigenvalue weighted by Crippen LogP contribution is -2.34. The highest BCUT2D eigenvalue weighted by Crippen LogP contribution is 2.43. The van der Waals surface area contributed by atoms with Crippen LogP contribution in [0.1, 0.15) is 59.3 Å². The van der Waals surface area contributed by atoms with Gasteiger partial charge in [-0.25, -0.2) is 0 Å². The van der Waals surface area contributed by atoms with Crippen molar-refractivity contribution in [2.45, 2.75) is 59.3 Å². The van der Waals surface area contributed by atoms with Crippen LogP contribution >= 0.6 is 0 Å². The summed E-state index contributed by atoms with van der Waals surface area (Å²) in [6, 6.07) is 0. The van der Waals surface area contributed by atoms with Crippen LogP contribution in [0.15, 0.2) is 11.6 Å². The Labute approximate surface area is 94.6 Å². The summed E-state index contributed by atoms with van der Waals surface area (Å²) in [6.07, 6.45) is 9.76. The second-order valence-corrected chi connectivity index (χ2v) is 5.28. The minimum Gasteiger partial charge on any atom is -0.396 e. The smallest absolute Gasteiger partial charge is 0.0493 e. The van der Waals surface area contributed by atoms with Gasteiger partial charge in [0.15, 0.2) is 0 Å². The molecule has 0 heterocycles. The normalized spacial score (nSPS) is 31.5. The fraction of sp³-hybridized carbons (Fsp3) is 0.857. The van der Waals surface area contributed by atoms with Crippen LogP contribution in [-0.2, 0) is 0 Å². The van der Waals surface area contributed by atoms with Crippen molar-refractivity contribution in [3.05, 3.63) is 11.6 Å². The molecule has 1 N–H and O–H groups in total. The van der Waals surface area contributed by atoms with Crippen molar-refractivity contribution >= 4 is 0 Å². The molecule has 0 spiro atoms. The van der Waals surface area contributed by atoms with Crippen molar-refractivity contribution in [1.82, 2.24) is 0 Å². The van der Waals surface area contributed by atoms with E-state index in [0.29, 0.717) is 12.5 Å². The van der Waals surface area contributed by atoms with E-state index < -0.39 is 0 Å². The maximum absolute atomic E-state index is 9.67.